The van der Waals surface area contributed by atoms with Gasteiger partial charge >= 0.3 is 0 Å². The first-order chi connectivity index (χ1) is 42.6. The smallest absolute Gasteiger partial charge is 0.220 e. The molecule has 0 saturated carbocycles. The van der Waals surface area contributed by atoms with E-state index in [0.717, 1.165) is 51.4 Å². The van der Waals surface area contributed by atoms with E-state index in [0.29, 0.717) is 6.42 Å². The molecule has 9 N–H and O–H groups in total. The molecule has 2 rings (SSSR count). The standard InChI is InChI=1S/C73H135NO13/c1-3-5-7-9-11-13-15-17-19-21-23-25-27-29-31-33-35-37-39-41-43-45-47-49-51-53-55-57-65(78)74-61(60-84-72-70(83)68(81)71(64(59-76)86-72)87-73-69(82)67(80)66(79)63(58-75)85-73)62(77)56-54-52-50-48-46-44-42-40-38-36-34-32-30-28-26-24-22-20-18-16-14-12-10-8-6-4-2/h15,17,21,23,27,29,54,56,61-64,66-73,75-77,79-83H,3-14,16,18-20,22,24-26,28,30-53,55,57-60H2,1-2H3,(H,74,78)/b17-15-,23-21-,29-27-,56-54+. The molecule has 14 nitrogen and oxygen atoms in total. The fraction of sp³-hybridized carbons (Fsp3) is 0.877. The molecule has 0 radical (unpaired) electrons. The summed E-state index contributed by atoms with van der Waals surface area (Å²) in [7, 11) is 0. The maximum absolute atomic E-state index is 13.3. The number of hydrogen-bond donors (Lipinski definition) is 9. The summed E-state index contributed by atoms with van der Waals surface area (Å²) in [6.07, 6.45) is 58.7. The highest BCUT2D eigenvalue weighted by Crippen LogP contribution is 2.30. The Labute approximate surface area is 531 Å². The van der Waals surface area contributed by atoms with Crippen LogP contribution in [-0.4, -0.2) is 140 Å². The molecular formula is C73H135NO13. The molecule has 1 amide bonds. The van der Waals surface area contributed by atoms with Gasteiger partial charge in [-0.05, 0) is 57.8 Å². The van der Waals surface area contributed by atoms with Crippen LogP contribution in [0, 0.1) is 0 Å². The van der Waals surface area contributed by atoms with E-state index in [1.807, 2.05) is 6.08 Å². The number of unbranched alkanes of at least 4 members (excludes halogenated alkanes) is 41. The lowest BCUT2D eigenvalue weighted by Gasteiger charge is -2.46. The average molecular weight is 1230 g/mol. The first-order valence-corrected chi connectivity index (χ1v) is 36.4. The Kier molecular flexibility index (Phi) is 53.9. The maximum atomic E-state index is 13.3. The van der Waals surface area contributed by atoms with Gasteiger partial charge < -0.3 is 65.1 Å². The van der Waals surface area contributed by atoms with Crippen molar-refractivity contribution in [2.24, 2.45) is 0 Å². The van der Waals surface area contributed by atoms with Crippen molar-refractivity contribution >= 4 is 5.91 Å². The predicted molar refractivity (Wildman–Crippen MR) is 355 cm³/mol. The topological polar surface area (TPSA) is 228 Å². The van der Waals surface area contributed by atoms with Gasteiger partial charge in [0.25, 0.3) is 0 Å². The molecule has 0 aromatic carbocycles. The van der Waals surface area contributed by atoms with Crippen LogP contribution in [0.5, 0.6) is 0 Å². The van der Waals surface area contributed by atoms with Crippen molar-refractivity contribution < 1.29 is 64.6 Å². The van der Waals surface area contributed by atoms with Gasteiger partial charge in [0.15, 0.2) is 12.6 Å². The number of hydrogen-bond acceptors (Lipinski definition) is 13. The third kappa shape index (κ3) is 41.9. The summed E-state index contributed by atoms with van der Waals surface area (Å²) < 4.78 is 22.9. The predicted octanol–water partition coefficient (Wildman–Crippen LogP) is 15.1. The number of carbonyl (C=O) groups excluding carboxylic acids is 1. The lowest BCUT2D eigenvalue weighted by atomic mass is 9.97. The zero-order valence-corrected chi connectivity index (χ0v) is 55.5. The fourth-order valence-corrected chi connectivity index (χ4v) is 11.9. The first kappa shape index (κ1) is 81.0. The normalized spacial score (nSPS) is 23.5. The van der Waals surface area contributed by atoms with Crippen molar-refractivity contribution in [3.63, 3.8) is 0 Å². The molecule has 87 heavy (non-hydrogen) atoms. The van der Waals surface area contributed by atoms with Gasteiger partial charge in [-0.25, -0.2) is 0 Å². The highest BCUT2D eigenvalue weighted by atomic mass is 16.7. The zero-order valence-electron chi connectivity index (χ0n) is 55.5. The SMILES string of the molecule is CCCCCCC/C=C\C/C=C\C/C=C\CCCCCCCCCCCCCCC(=O)NC(COC1OC(CO)C(OC2OC(CO)C(O)C(O)C2O)C(O)C1O)C(O)/C=C/CCCCCCCCCCCCCCCCCCCCCCCCCC. The fourth-order valence-electron chi connectivity index (χ4n) is 11.9. The largest absolute Gasteiger partial charge is 0.394 e. The number of allylic oxidation sites excluding steroid dienone is 7. The Hall–Kier alpha value is -2.05. The molecule has 510 valence electrons. The van der Waals surface area contributed by atoms with Crippen LogP contribution in [0.2, 0.25) is 0 Å². The summed E-state index contributed by atoms with van der Waals surface area (Å²) in [4.78, 5) is 13.3. The van der Waals surface area contributed by atoms with Crippen LogP contribution < -0.4 is 5.32 Å². The summed E-state index contributed by atoms with van der Waals surface area (Å²) >= 11 is 0. The highest BCUT2D eigenvalue weighted by molar-refractivity contribution is 5.76. The summed E-state index contributed by atoms with van der Waals surface area (Å²) in [6.45, 7) is 2.83. The van der Waals surface area contributed by atoms with Crippen molar-refractivity contribution in [3.05, 3.63) is 48.6 Å². The van der Waals surface area contributed by atoms with Gasteiger partial charge in [0.05, 0.1) is 32.0 Å². The third-order valence-electron chi connectivity index (χ3n) is 17.8. The van der Waals surface area contributed by atoms with E-state index in [1.165, 1.54) is 238 Å². The Morgan fingerprint density at radius 3 is 1.16 bits per heavy atom. The second-order valence-corrected chi connectivity index (χ2v) is 25.7. The van der Waals surface area contributed by atoms with E-state index >= 15 is 0 Å². The minimum absolute atomic E-state index is 0.238. The van der Waals surface area contributed by atoms with Crippen molar-refractivity contribution in [2.75, 3.05) is 19.8 Å². The van der Waals surface area contributed by atoms with Crippen LogP contribution in [0.25, 0.3) is 0 Å². The van der Waals surface area contributed by atoms with Gasteiger partial charge in [-0.1, -0.05) is 300 Å². The van der Waals surface area contributed by atoms with Crippen molar-refractivity contribution in [1.29, 1.82) is 0 Å². The monoisotopic (exact) mass is 1230 g/mol. The molecule has 2 fully saturated rings. The van der Waals surface area contributed by atoms with Gasteiger partial charge in [0.2, 0.25) is 5.91 Å². The molecule has 2 aliphatic rings. The number of ether oxygens (including phenoxy) is 4. The third-order valence-corrected chi connectivity index (χ3v) is 17.8. The van der Waals surface area contributed by atoms with Crippen molar-refractivity contribution in [2.45, 2.75) is 389 Å². The zero-order chi connectivity index (χ0) is 63.1. The molecule has 0 spiro atoms. The average Bonchev–Trinajstić information content (AvgIpc) is 2.58. The van der Waals surface area contributed by atoms with Crippen molar-refractivity contribution in [3.8, 4) is 0 Å². The summed E-state index contributed by atoms with van der Waals surface area (Å²) in [5, 5.41) is 87.5. The maximum Gasteiger partial charge on any atom is 0.220 e. The lowest BCUT2D eigenvalue weighted by Crippen LogP contribution is -2.65. The van der Waals surface area contributed by atoms with Crippen LogP contribution in [0.4, 0.5) is 0 Å². The molecule has 0 aromatic rings. The summed E-state index contributed by atoms with van der Waals surface area (Å²) in [5.41, 5.74) is 0. The van der Waals surface area contributed by atoms with Crippen LogP contribution >= 0.6 is 0 Å². The molecule has 2 saturated heterocycles. The molecule has 2 heterocycles. The molecular weight excluding hydrogens is 1100 g/mol. The van der Waals surface area contributed by atoms with Gasteiger partial charge in [0.1, 0.15) is 48.8 Å². The van der Waals surface area contributed by atoms with E-state index in [2.05, 4.69) is 55.6 Å². The Morgan fingerprint density at radius 1 is 0.414 bits per heavy atom. The summed E-state index contributed by atoms with van der Waals surface area (Å²) in [6, 6.07) is -0.918. The minimum Gasteiger partial charge on any atom is -0.394 e. The molecule has 0 aliphatic carbocycles. The Morgan fingerprint density at radius 2 is 0.759 bits per heavy atom. The Balaban J connectivity index is 1.68. The highest BCUT2D eigenvalue weighted by Gasteiger charge is 2.51. The van der Waals surface area contributed by atoms with Crippen LogP contribution in [0.3, 0.4) is 0 Å². The number of rotatable bonds is 60. The van der Waals surface area contributed by atoms with Gasteiger partial charge in [0, 0.05) is 6.42 Å². The molecule has 12 atom stereocenters. The molecule has 0 bridgehead atoms. The molecule has 12 unspecified atom stereocenters. The van der Waals surface area contributed by atoms with Gasteiger partial charge in [-0.2, -0.15) is 0 Å². The minimum atomic E-state index is -1.79. The number of carbonyl (C=O) groups is 1. The van der Waals surface area contributed by atoms with E-state index in [-0.39, 0.29) is 18.9 Å². The number of amides is 1. The molecule has 14 heteroatoms. The lowest BCUT2D eigenvalue weighted by molar-refractivity contribution is -0.359. The van der Waals surface area contributed by atoms with Crippen LogP contribution in [-0.2, 0) is 23.7 Å². The molecule has 0 aromatic heterocycles. The quantitative estimate of drug-likeness (QED) is 0.0204. The molecule has 2 aliphatic heterocycles. The second-order valence-electron chi connectivity index (χ2n) is 25.7. The van der Waals surface area contributed by atoms with E-state index < -0.39 is 86.8 Å². The van der Waals surface area contributed by atoms with Gasteiger partial charge in [-0.3, -0.25) is 4.79 Å². The first-order valence-electron chi connectivity index (χ1n) is 36.4. The van der Waals surface area contributed by atoms with E-state index in [4.69, 9.17) is 18.9 Å². The van der Waals surface area contributed by atoms with Crippen LogP contribution in [0.15, 0.2) is 48.6 Å². The van der Waals surface area contributed by atoms with Crippen LogP contribution in [0.1, 0.15) is 316 Å². The number of aliphatic hydroxyl groups excluding tert-OH is 8. The second kappa shape index (κ2) is 57.8. The number of aliphatic hydroxyl groups is 8. The van der Waals surface area contributed by atoms with Crippen molar-refractivity contribution in [1.82, 2.24) is 5.32 Å². The van der Waals surface area contributed by atoms with Gasteiger partial charge in [-0.15, -0.1) is 0 Å². The summed E-state index contributed by atoms with van der Waals surface area (Å²) in [5.74, 6) is -0.238. The Bertz CT molecular complexity index is 1640. The number of nitrogens with one attached hydrogen (secondary N) is 1. The van der Waals surface area contributed by atoms with E-state index in [9.17, 15) is 45.6 Å². The van der Waals surface area contributed by atoms with E-state index in [1.54, 1.807) is 6.08 Å².